The number of nitrogens with one attached hydrogen (secondary N) is 2. The van der Waals surface area contributed by atoms with Crippen molar-refractivity contribution in [3.05, 3.63) is 25.5 Å². The summed E-state index contributed by atoms with van der Waals surface area (Å²) in [5, 5.41) is 16.3. The first-order valence-electron chi connectivity index (χ1n) is 6.15. The SMILES string of the molecule is CCCNP(=O)(NCCCl)OCc1cc(Br)c([N+](=O)[O-])s1. The topological polar surface area (TPSA) is 93.5 Å². The van der Waals surface area contributed by atoms with Gasteiger partial charge in [-0.1, -0.05) is 18.3 Å². The monoisotopic (exact) mass is 419 g/mol. The molecular weight excluding hydrogens is 405 g/mol. The summed E-state index contributed by atoms with van der Waals surface area (Å²) in [6.07, 6.45) is 0.798. The molecule has 1 aromatic rings. The van der Waals surface area contributed by atoms with E-state index in [1.165, 1.54) is 0 Å². The first-order valence-corrected chi connectivity index (χ1v) is 9.92. The molecule has 1 atom stereocenters. The van der Waals surface area contributed by atoms with Crippen LogP contribution in [0.2, 0.25) is 0 Å². The Morgan fingerprint density at radius 3 is 2.71 bits per heavy atom. The minimum atomic E-state index is -3.21. The number of hydrogen-bond acceptors (Lipinski definition) is 5. The van der Waals surface area contributed by atoms with Crippen LogP contribution < -0.4 is 10.2 Å². The van der Waals surface area contributed by atoms with Gasteiger partial charge in [0.15, 0.2) is 0 Å². The predicted octanol–water partition coefficient (Wildman–Crippen LogP) is 3.87. The molecule has 120 valence electrons. The molecule has 21 heavy (non-hydrogen) atoms. The maximum Gasteiger partial charge on any atom is 0.341 e. The third-order valence-corrected chi connectivity index (χ3v) is 6.15. The summed E-state index contributed by atoms with van der Waals surface area (Å²) >= 11 is 9.67. The Hall–Kier alpha value is -0.0200. The van der Waals surface area contributed by atoms with Crippen molar-refractivity contribution in [2.24, 2.45) is 0 Å². The second-order valence-corrected chi connectivity index (χ2v) is 8.29. The number of alkyl halides is 1. The highest BCUT2D eigenvalue weighted by Gasteiger charge is 2.23. The van der Waals surface area contributed by atoms with Gasteiger partial charge in [-0.2, -0.15) is 0 Å². The summed E-state index contributed by atoms with van der Waals surface area (Å²) in [6.45, 7) is 2.82. The Labute approximate surface area is 140 Å². The molecule has 7 nitrogen and oxygen atoms in total. The normalized spacial score (nSPS) is 14.0. The molecule has 0 saturated heterocycles. The standard InChI is InChI=1S/C10H16BrClN3O4PS/c1-2-4-13-20(18,14-5-3-12)19-7-8-6-9(11)10(21-8)15(16)17/h6H,2-5,7H2,1H3,(H2,13,14,18). The second kappa shape index (κ2) is 9.19. The van der Waals surface area contributed by atoms with Crippen LogP contribution in [0.4, 0.5) is 5.00 Å². The fourth-order valence-corrected chi connectivity index (χ4v) is 4.79. The summed E-state index contributed by atoms with van der Waals surface area (Å²) in [7, 11) is -3.21. The van der Waals surface area contributed by atoms with Gasteiger partial charge >= 0.3 is 12.7 Å². The van der Waals surface area contributed by atoms with Gasteiger partial charge in [0.2, 0.25) is 0 Å². The summed E-state index contributed by atoms with van der Waals surface area (Å²) in [6, 6.07) is 1.59. The van der Waals surface area contributed by atoms with E-state index in [1.807, 2.05) is 6.92 Å². The molecule has 0 amide bonds. The van der Waals surface area contributed by atoms with Gasteiger partial charge in [0.25, 0.3) is 0 Å². The molecule has 1 aromatic heterocycles. The number of thiophene rings is 1. The molecule has 0 fully saturated rings. The van der Waals surface area contributed by atoms with Crippen molar-refractivity contribution < 1.29 is 14.0 Å². The van der Waals surface area contributed by atoms with Crippen LogP contribution in [0.3, 0.4) is 0 Å². The Balaban J connectivity index is 2.69. The summed E-state index contributed by atoms with van der Waals surface area (Å²) in [5.41, 5.74) is 0. The fourth-order valence-electron chi connectivity index (χ4n) is 1.35. The van der Waals surface area contributed by atoms with Gasteiger partial charge in [-0.15, -0.1) is 11.6 Å². The van der Waals surface area contributed by atoms with E-state index in [-0.39, 0.29) is 11.6 Å². The molecule has 2 N–H and O–H groups in total. The van der Waals surface area contributed by atoms with Crippen molar-refractivity contribution in [3.8, 4) is 0 Å². The van der Waals surface area contributed by atoms with Gasteiger partial charge < -0.3 is 4.52 Å². The van der Waals surface area contributed by atoms with Crippen LogP contribution in [0.25, 0.3) is 0 Å². The van der Waals surface area contributed by atoms with Crippen LogP contribution in [0, 0.1) is 10.1 Å². The van der Waals surface area contributed by atoms with E-state index >= 15 is 0 Å². The molecule has 1 heterocycles. The zero-order chi connectivity index (χ0) is 15.9. The average Bonchev–Trinajstić information content (AvgIpc) is 2.82. The number of nitro groups is 1. The Morgan fingerprint density at radius 1 is 1.52 bits per heavy atom. The number of hydrogen-bond donors (Lipinski definition) is 2. The van der Waals surface area contributed by atoms with Crippen molar-refractivity contribution in [1.82, 2.24) is 10.2 Å². The second-order valence-electron chi connectivity index (χ2n) is 3.95. The van der Waals surface area contributed by atoms with Gasteiger partial charge in [0.05, 0.1) is 11.5 Å². The van der Waals surface area contributed by atoms with Crippen molar-refractivity contribution >= 4 is 51.5 Å². The van der Waals surface area contributed by atoms with E-state index in [0.717, 1.165) is 17.8 Å². The number of rotatable bonds is 10. The lowest BCUT2D eigenvalue weighted by Gasteiger charge is -2.19. The minimum Gasteiger partial charge on any atom is -0.300 e. The first-order chi connectivity index (χ1) is 9.91. The van der Waals surface area contributed by atoms with Crippen molar-refractivity contribution in [2.75, 3.05) is 19.0 Å². The first kappa shape index (κ1) is 19.0. The van der Waals surface area contributed by atoms with Gasteiger partial charge in [-0.3, -0.25) is 14.7 Å². The van der Waals surface area contributed by atoms with E-state index < -0.39 is 12.6 Å². The fraction of sp³-hybridized carbons (Fsp3) is 0.600. The van der Waals surface area contributed by atoms with Crippen LogP contribution in [-0.2, 0) is 15.7 Å². The summed E-state index contributed by atoms with van der Waals surface area (Å²) in [4.78, 5) is 10.9. The quantitative estimate of drug-likeness (QED) is 0.258. The van der Waals surface area contributed by atoms with Crippen LogP contribution in [0.1, 0.15) is 18.2 Å². The van der Waals surface area contributed by atoms with E-state index in [9.17, 15) is 14.7 Å². The number of halogens is 2. The number of nitrogens with zero attached hydrogens (tertiary/aromatic N) is 1. The molecule has 1 rings (SSSR count). The Kier molecular flexibility index (Phi) is 8.33. The minimum absolute atomic E-state index is 0.00123. The van der Waals surface area contributed by atoms with Gasteiger partial charge in [-0.05, 0) is 28.4 Å². The van der Waals surface area contributed by atoms with Crippen molar-refractivity contribution in [1.29, 1.82) is 0 Å². The third-order valence-electron chi connectivity index (χ3n) is 2.26. The smallest absolute Gasteiger partial charge is 0.300 e. The highest BCUT2D eigenvalue weighted by molar-refractivity contribution is 9.10. The van der Waals surface area contributed by atoms with Gasteiger partial charge in [0.1, 0.15) is 4.47 Å². The lowest BCUT2D eigenvalue weighted by molar-refractivity contribution is -0.380. The lowest BCUT2D eigenvalue weighted by atomic mass is 10.5. The molecule has 11 heteroatoms. The average molecular weight is 421 g/mol. The molecule has 0 aliphatic heterocycles. The predicted molar refractivity (Wildman–Crippen MR) is 88.1 cm³/mol. The van der Waals surface area contributed by atoms with E-state index in [0.29, 0.717) is 28.3 Å². The largest absolute Gasteiger partial charge is 0.341 e. The van der Waals surface area contributed by atoms with Gasteiger partial charge in [-0.25, -0.2) is 10.2 Å². The van der Waals surface area contributed by atoms with Crippen molar-refractivity contribution in [2.45, 2.75) is 20.0 Å². The summed E-state index contributed by atoms with van der Waals surface area (Å²) < 4.78 is 18.3. The van der Waals surface area contributed by atoms with Crippen LogP contribution >= 0.6 is 46.5 Å². The summed E-state index contributed by atoms with van der Waals surface area (Å²) in [5.74, 6) is 0.303. The molecular formula is C10H16BrClN3O4PS. The van der Waals surface area contributed by atoms with E-state index in [1.54, 1.807) is 6.07 Å². The maximum atomic E-state index is 12.5. The van der Waals surface area contributed by atoms with Crippen LogP contribution in [0.5, 0.6) is 0 Å². The Bertz CT molecular complexity index is 518. The zero-order valence-corrected chi connectivity index (χ0v) is 15.4. The maximum absolute atomic E-state index is 12.5. The van der Waals surface area contributed by atoms with Crippen molar-refractivity contribution in [3.63, 3.8) is 0 Å². The molecule has 0 aliphatic rings. The molecule has 0 radical (unpaired) electrons. The van der Waals surface area contributed by atoms with E-state index in [4.69, 9.17) is 16.1 Å². The zero-order valence-electron chi connectivity index (χ0n) is 11.3. The molecule has 1 unspecified atom stereocenters. The van der Waals surface area contributed by atoms with E-state index in [2.05, 4.69) is 26.1 Å². The highest BCUT2D eigenvalue weighted by atomic mass is 79.9. The Morgan fingerprint density at radius 2 is 2.19 bits per heavy atom. The molecule has 0 saturated carbocycles. The third kappa shape index (κ3) is 6.32. The molecule has 0 spiro atoms. The van der Waals surface area contributed by atoms with Crippen LogP contribution in [-0.4, -0.2) is 23.9 Å². The lowest BCUT2D eigenvalue weighted by Crippen LogP contribution is -2.26. The molecule has 0 aromatic carbocycles. The van der Waals surface area contributed by atoms with Gasteiger partial charge in [0, 0.05) is 23.8 Å². The highest BCUT2D eigenvalue weighted by Crippen LogP contribution is 2.41. The van der Waals surface area contributed by atoms with Crippen LogP contribution in [0.15, 0.2) is 10.5 Å². The molecule has 0 aliphatic carbocycles. The molecule has 0 bridgehead atoms.